The van der Waals surface area contributed by atoms with E-state index in [1.54, 1.807) is 13.2 Å². The number of hydrogen-bond donors (Lipinski definition) is 1. The van der Waals surface area contributed by atoms with Crippen LogP contribution >= 0.6 is 15.9 Å². The molecule has 110 valence electrons. The molecule has 1 N–H and O–H groups in total. The van der Waals surface area contributed by atoms with Crippen LogP contribution in [0.25, 0.3) is 0 Å². The first-order valence-corrected chi connectivity index (χ1v) is 7.23. The highest BCUT2D eigenvalue weighted by Crippen LogP contribution is 2.35. The first kappa shape index (κ1) is 13.9. The summed E-state index contributed by atoms with van der Waals surface area (Å²) in [6.45, 7) is 2.26. The van der Waals surface area contributed by atoms with Crippen molar-refractivity contribution in [3.05, 3.63) is 44.8 Å². The van der Waals surface area contributed by atoms with Crippen molar-refractivity contribution >= 4 is 21.6 Å². The van der Waals surface area contributed by atoms with Crippen LogP contribution < -0.4 is 20.3 Å². The first-order valence-electron chi connectivity index (χ1n) is 6.44. The lowest BCUT2D eigenvalue weighted by atomic mass is 10.1. The summed E-state index contributed by atoms with van der Waals surface area (Å²) in [6.07, 6.45) is 1.62. The molecule has 1 unspecified atom stereocenters. The number of rotatable bonds is 3. The molecule has 0 saturated heterocycles. The Morgan fingerprint density at radius 3 is 2.95 bits per heavy atom. The van der Waals surface area contributed by atoms with E-state index >= 15 is 0 Å². The number of halogens is 1. The molecule has 2 heterocycles. The van der Waals surface area contributed by atoms with Crippen molar-refractivity contribution < 1.29 is 9.47 Å². The normalized spacial score (nSPS) is 14.0. The molecule has 7 heteroatoms. The van der Waals surface area contributed by atoms with Gasteiger partial charge in [-0.15, -0.1) is 0 Å². The average molecular weight is 352 g/mol. The highest BCUT2D eigenvalue weighted by atomic mass is 79.9. The predicted octanol–water partition coefficient (Wildman–Crippen LogP) is 2.44. The molecule has 0 spiro atoms. The zero-order valence-corrected chi connectivity index (χ0v) is 13.2. The van der Waals surface area contributed by atoms with E-state index in [4.69, 9.17) is 9.47 Å². The Hall–Kier alpha value is -2.02. The molecule has 21 heavy (non-hydrogen) atoms. The summed E-state index contributed by atoms with van der Waals surface area (Å²) in [5, 5.41) is 7.28. The second kappa shape index (κ2) is 5.40. The fourth-order valence-electron chi connectivity index (χ4n) is 2.11. The molecule has 2 aromatic rings. The van der Waals surface area contributed by atoms with Gasteiger partial charge in [0.15, 0.2) is 11.5 Å². The molecule has 0 amide bonds. The number of aromatic nitrogens is 2. The van der Waals surface area contributed by atoms with Crippen molar-refractivity contribution in [1.82, 2.24) is 9.78 Å². The molecular weight excluding hydrogens is 338 g/mol. The number of ether oxygens (including phenoxy) is 2. The van der Waals surface area contributed by atoms with E-state index in [1.807, 2.05) is 25.1 Å². The van der Waals surface area contributed by atoms with Crippen molar-refractivity contribution in [2.45, 2.75) is 13.0 Å². The summed E-state index contributed by atoms with van der Waals surface area (Å²) in [5.41, 5.74) is 1.51. The molecule has 0 fully saturated rings. The number of benzene rings is 1. The fourth-order valence-corrected chi connectivity index (χ4v) is 2.58. The molecule has 6 nitrogen and oxygen atoms in total. The van der Waals surface area contributed by atoms with Gasteiger partial charge >= 0.3 is 0 Å². The van der Waals surface area contributed by atoms with Gasteiger partial charge in [0.05, 0.1) is 11.9 Å². The minimum absolute atomic E-state index is 0.00953. The van der Waals surface area contributed by atoms with E-state index in [-0.39, 0.29) is 18.4 Å². The second-order valence-corrected chi connectivity index (χ2v) is 5.57. The lowest BCUT2D eigenvalue weighted by Crippen LogP contribution is -2.22. The Labute approximate surface area is 129 Å². The van der Waals surface area contributed by atoms with Crippen LogP contribution in [0, 0.1) is 0 Å². The third kappa shape index (κ3) is 2.61. The van der Waals surface area contributed by atoms with Gasteiger partial charge < -0.3 is 14.8 Å². The monoisotopic (exact) mass is 351 g/mol. The smallest absolute Gasteiger partial charge is 0.282 e. The fraction of sp³-hybridized carbons (Fsp3) is 0.286. The van der Waals surface area contributed by atoms with E-state index in [2.05, 4.69) is 26.3 Å². The Morgan fingerprint density at radius 2 is 2.14 bits per heavy atom. The number of fused-ring (bicyclic) bond motifs is 1. The predicted molar refractivity (Wildman–Crippen MR) is 81.8 cm³/mol. The van der Waals surface area contributed by atoms with Crippen LogP contribution in [0.5, 0.6) is 11.5 Å². The first-order chi connectivity index (χ1) is 10.1. The summed E-state index contributed by atoms with van der Waals surface area (Å²) in [6, 6.07) is 5.77. The Morgan fingerprint density at radius 1 is 1.38 bits per heavy atom. The third-order valence-corrected chi connectivity index (χ3v) is 4.11. The van der Waals surface area contributed by atoms with Gasteiger partial charge in [-0.2, -0.15) is 5.10 Å². The molecule has 0 radical (unpaired) electrons. The van der Waals surface area contributed by atoms with Crippen LogP contribution in [0.1, 0.15) is 18.5 Å². The summed E-state index contributed by atoms with van der Waals surface area (Å²) in [4.78, 5) is 11.8. The maximum absolute atomic E-state index is 11.8. The minimum Gasteiger partial charge on any atom is -0.454 e. The molecule has 0 bridgehead atoms. The number of nitrogens with zero attached hydrogens (tertiary/aromatic N) is 2. The Kier molecular flexibility index (Phi) is 3.59. The standard InChI is InChI=1S/C14H14BrN3O3/c1-8(9-3-4-11-12(5-9)21-7-20-11)17-10-6-16-18(2)14(19)13(10)15/h3-6,8,17H,7H2,1-2H3. The molecule has 1 aromatic heterocycles. The van der Waals surface area contributed by atoms with Gasteiger partial charge in [0.25, 0.3) is 5.56 Å². The van der Waals surface area contributed by atoms with Gasteiger partial charge in [-0.1, -0.05) is 6.07 Å². The van der Waals surface area contributed by atoms with Gasteiger partial charge in [-0.05, 0) is 40.5 Å². The van der Waals surface area contributed by atoms with Crippen molar-refractivity contribution in [3.8, 4) is 11.5 Å². The van der Waals surface area contributed by atoms with Gasteiger partial charge in [-0.25, -0.2) is 4.68 Å². The van der Waals surface area contributed by atoms with Crippen molar-refractivity contribution in [2.75, 3.05) is 12.1 Å². The Balaban J connectivity index is 1.85. The quantitative estimate of drug-likeness (QED) is 0.919. The van der Waals surface area contributed by atoms with Crippen LogP contribution in [-0.2, 0) is 7.05 Å². The summed E-state index contributed by atoms with van der Waals surface area (Å²) >= 11 is 3.30. The number of anilines is 1. The topological polar surface area (TPSA) is 65.4 Å². The maximum atomic E-state index is 11.8. The van der Waals surface area contributed by atoms with Gasteiger partial charge in [-0.3, -0.25) is 4.79 Å². The highest BCUT2D eigenvalue weighted by Gasteiger charge is 2.16. The summed E-state index contributed by atoms with van der Waals surface area (Å²) in [7, 11) is 1.61. The number of aryl methyl sites for hydroxylation is 1. The van der Waals surface area contributed by atoms with Crippen LogP contribution in [0.2, 0.25) is 0 Å². The average Bonchev–Trinajstić information content (AvgIpc) is 2.95. The summed E-state index contributed by atoms with van der Waals surface area (Å²) < 4.78 is 12.4. The molecule has 1 aliphatic heterocycles. The van der Waals surface area contributed by atoms with Gasteiger partial charge in [0.2, 0.25) is 6.79 Å². The summed E-state index contributed by atoms with van der Waals surface area (Å²) in [5.74, 6) is 1.49. The number of hydrogen-bond acceptors (Lipinski definition) is 5. The molecule has 0 saturated carbocycles. The van der Waals surface area contributed by atoms with Gasteiger partial charge in [0.1, 0.15) is 4.47 Å². The van der Waals surface area contributed by atoms with Crippen molar-refractivity contribution in [1.29, 1.82) is 0 Å². The molecule has 1 aromatic carbocycles. The van der Waals surface area contributed by atoms with E-state index in [0.717, 1.165) is 17.1 Å². The van der Waals surface area contributed by atoms with Crippen molar-refractivity contribution in [2.24, 2.45) is 7.05 Å². The molecular formula is C14H14BrN3O3. The van der Waals surface area contributed by atoms with E-state index in [0.29, 0.717) is 10.2 Å². The highest BCUT2D eigenvalue weighted by molar-refractivity contribution is 9.10. The van der Waals surface area contributed by atoms with Crippen molar-refractivity contribution in [3.63, 3.8) is 0 Å². The zero-order chi connectivity index (χ0) is 15.0. The minimum atomic E-state index is -0.183. The van der Waals surface area contributed by atoms with Crippen LogP contribution in [0.15, 0.2) is 33.7 Å². The third-order valence-electron chi connectivity index (χ3n) is 3.35. The zero-order valence-electron chi connectivity index (χ0n) is 11.6. The Bertz CT molecular complexity index is 745. The van der Waals surface area contributed by atoms with Crippen LogP contribution in [-0.4, -0.2) is 16.6 Å². The van der Waals surface area contributed by atoms with E-state index < -0.39 is 0 Å². The largest absolute Gasteiger partial charge is 0.454 e. The van der Waals surface area contributed by atoms with E-state index in [1.165, 1.54) is 4.68 Å². The van der Waals surface area contributed by atoms with Crippen LogP contribution in [0.3, 0.4) is 0 Å². The molecule has 1 atom stereocenters. The molecule has 3 rings (SSSR count). The SMILES string of the molecule is CC(Nc1cnn(C)c(=O)c1Br)c1ccc2c(c1)OCO2. The van der Waals surface area contributed by atoms with E-state index in [9.17, 15) is 4.79 Å². The van der Waals surface area contributed by atoms with Gasteiger partial charge in [0, 0.05) is 13.1 Å². The molecule has 1 aliphatic rings. The lowest BCUT2D eigenvalue weighted by Gasteiger charge is -2.17. The molecule has 0 aliphatic carbocycles. The lowest BCUT2D eigenvalue weighted by molar-refractivity contribution is 0.174. The van der Waals surface area contributed by atoms with Crippen LogP contribution in [0.4, 0.5) is 5.69 Å². The number of nitrogens with one attached hydrogen (secondary N) is 1. The second-order valence-electron chi connectivity index (χ2n) is 4.78. The maximum Gasteiger partial charge on any atom is 0.282 e.